The first-order chi connectivity index (χ1) is 9.15. The molecule has 3 nitrogen and oxygen atoms in total. The fraction of sp³-hybridized carbons (Fsp3) is 0.231. The Morgan fingerprint density at radius 1 is 1.32 bits per heavy atom. The largest absolute Gasteiger partial charge is 0.383 e. The van der Waals surface area contributed by atoms with Crippen LogP contribution >= 0.6 is 23.4 Å². The number of thioether (sulfide) groups is 1. The van der Waals surface area contributed by atoms with E-state index in [1.165, 1.54) is 6.07 Å². The van der Waals surface area contributed by atoms with Crippen LogP contribution in [0.15, 0.2) is 18.2 Å². The molecule has 3 rings (SSSR count). The van der Waals surface area contributed by atoms with Gasteiger partial charge in [0.2, 0.25) is 0 Å². The summed E-state index contributed by atoms with van der Waals surface area (Å²) in [6, 6.07) is 4.62. The van der Waals surface area contributed by atoms with Crippen molar-refractivity contribution >= 4 is 29.2 Å². The Morgan fingerprint density at radius 3 is 2.95 bits per heavy atom. The van der Waals surface area contributed by atoms with Gasteiger partial charge in [-0.2, -0.15) is 11.8 Å². The van der Waals surface area contributed by atoms with Crippen molar-refractivity contribution in [2.75, 3.05) is 5.73 Å². The highest BCUT2D eigenvalue weighted by atomic mass is 35.5. The quantitative estimate of drug-likeness (QED) is 0.924. The zero-order valence-electron chi connectivity index (χ0n) is 9.99. The lowest BCUT2D eigenvalue weighted by Gasteiger charge is -2.08. The molecule has 0 saturated carbocycles. The first-order valence-corrected chi connectivity index (χ1v) is 7.33. The molecule has 2 heterocycles. The number of anilines is 1. The van der Waals surface area contributed by atoms with Gasteiger partial charge in [0, 0.05) is 34.1 Å². The Balaban J connectivity index is 1.98. The van der Waals surface area contributed by atoms with Crippen LogP contribution in [-0.4, -0.2) is 9.97 Å². The summed E-state index contributed by atoms with van der Waals surface area (Å²) in [5.41, 5.74) is 8.29. The predicted molar refractivity (Wildman–Crippen MR) is 75.7 cm³/mol. The number of fused-ring (bicyclic) bond motifs is 1. The molecule has 0 fully saturated rings. The first kappa shape index (κ1) is 12.7. The molecule has 1 aliphatic heterocycles. The maximum atomic E-state index is 13.7. The van der Waals surface area contributed by atoms with Crippen molar-refractivity contribution < 1.29 is 4.39 Å². The second kappa shape index (κ2) is 4.98. The number of hydrogen-bond donors (Lipinski definition) is 1. The van der Waals surface area contributed by atoms with Crippen LogP contribution in [0.5, 0.6) is 0 Å². The summed E-state index contributed by atoms with van der Waals surface area (Å²) in [5.74, 6) is 2.36. The van der Waals surface area contributed by atoms with E-state index in [1.54, 1.807) is 23.9 Å². The molecule has 1 aromatic carbocycles. The lowest BCUT2D eigenvalue weighted by Crippen LogP contribution is -2.07. The fourth-order valence-corrected chi connectivity index (χ4v) is 3.35. The van der Waals surface area contributed by atoms with Gasteiger partial charge in [0.05, 0.1) is 5.69 Å². The van der Waals surface area contributed by atoms with E-state index in [0.29, 0.717) is 22.2 Å². The predicted octanol–water partition coefficient (Wildman–Crippen LogP) is 3.19. The number of benzene rings is 1. The summed E-state index contributed by atoms with van der Waals surface area (Å²) in [6.07, 6.45) is 0.258. The van der Waals surface area contributed by atoms with Crippen molar-refractivity contribution in [3.05, 3.63) is 51.7 Å². The number of halogens is 2. The highest BCUT2D eigenvalue weighted by Crippen LogP contribution is 2.32. The summed E-state index contributed by atoms with van der Waals surface area (Å²) < 4.78 is 13.7. The van der Waals surface area contributed by atoms with Crippen molar-refractivity contribution in [2.45, 2.75) is 17.9 Å². The van der Waals surface area contributed by atoms with Crippen LogP contribution < -0.4 is 5.73 Å². The van der Waals surface area contributed by atoms with Crippen LogP contribution in [0.4, 0.5) is 10.2 Å². The summed E-state index contributed by atoms with van der Waals surface area (Å²) in [7, 11) is 0. The summed E-state index contributed by atoms with van der Waals surface area (Å²) >= 11 is 7.76. The number of aromatic nitrogens is 2. The van der Waals surface area contributed by atoms with Crippen LogP contribution in [0, 0.1) is 5.82 Å². The van der Waals surface area contributed by atoms with Crippen LogP contribution in [0.3, 0.4) is 0 Å². The molecule has 0 aliphatic carbocycles. The van der Waals surface area contributed by atoms with Crippen molar-refractivity contribution in [3.63, 3.8) is 0 Å². The monoisotopic (exact) mass is 295 g/mol. The van der Waals surface area contributed by atoms with Gasteiger partial charge in [0.1, 0.15) is 17.5 Å². The molecule has 0 saturated heterocycles. The van der Waals surface area contributed by atoms with Gasteiger partial charge in [-0.1, -0.05) is 17.7 Å². The van der Waals surface area contributed by atoms with Crippen LogP contribution in [0.25, 0.3) is 0 Å². The SMILES string of the molecule is Nc1nc(Cc2c(F)cccc2Cl)nc2c1CSC2. The lowest BCUT2D eigenvalue weighted by atomic mass is 10.1. The van der Waals surface area contributed by atoms with Crippen molar-refractivity contribution in [3.8, 4) is 0 Å². The van der Waals surface area contributed by atoms with Gasteiger partial charge in [0.15, 0.2) is 0 Å². The molecule has 0 spiro atoms. The maximum absolute atomic E-state index is 13.7. The maximum Gasteiger partial charge on any atom is 0.135 e. The van der Waals surface area contributed by atoms with Crippen LogP contribution in [-0.2, 0) is 17.9 Å². The second-order valence-electron chi connectivity index (χ2n) is 4.32. The Bertz CT molecular complexity index is 628. The minimum atomic E-state index is -0.343. The van der Waals surface area contributed by atoms with E-state index in [0.717, 1.165) is 22.8 Å². The van der Waals surface area contributed by atoms with Gasteiger partial charge < -0.3 is 5.73 Å². The number of nitrogens with two attached hydrogens (primary N) is 1. The molecule has 0 unspecified atom stereocenters. The Labute approximate surface area is 119 Å². The molecular weight excluding hydrogens is 285 g/mol. The van der Waals surface area contributed by atoms with E-state index in [9.17, 15) is 4.39 Å². The van der Waals surface area contributed by atoms with Crippen LogP contribution in [0.1, 0.15) is 22.6 Å². The molecule has 0 bridgehead atoms. The van der Waals surface area contributed by atoms with E-state index in [-0.39, 0.29) is 12.2 Å². The van der Waals surface area contributed by atoms with Crippen molar-refractivity contribution in [1.82, 2.24) is 9.97 Å². The zero-order chi connectivity index (χ0) is 13.4. The highest BCUT2D eigenvalue weighted by molar-refractivity contribution is 7.98. The minimum Gasteiger partial charge on any atom is -0.383 e. The van der Waals surface area contributed by atoms with Gasteiger partial charge in [-0.05, 0) is 12.1 Å². The molecule has 0 radical (unpaired) electrons. The minimum absolute atomic E-state index is 0.258. The standard InChI is InChI=1S/C13H11ClFN3S/c14-9-2-1-3-10(15)7(9)4-12-17-11-6-19-5-8(11)13(16)18-12/h1-3H,4-6H2,(H2,16,17,18). The molecule has 6 heteroatoms. The molecule has 0 amide bonds. The first-order valence-electron chi connectivity index (χ1n) is 5.80. The summed E-state index contributed by atoms with van der Waals surface area (Å²) in [4.78, 5) is 8.70. The normalized spacial score (nSPS) is 13.6. The summed E-state index contributed by atoms with van der Waals surface area (Å²) in [5, 5.41) is 0.386. The molecular formula is C13H11ClFN3S. The lowest BCUT2D eigenvalue weighted by molar-refractivity contribution is 0.612. The molecule has 1 aliphatic rings. The Morgan fingerprint density at radius 2 is 2.16 bits per heavy atom. The van der Waals surface area contributed by atoms with E-state index in [4.69, 9.17) is 17.3 Å². The van der Waals surface area contributed by atoms with Gasteiger partial charge >= 0.3 is 0 Å². The third kappa shape index (κ3) is 2.40. The van der Waals surface area contributed by atoms with Crippen molar-refractivity contribution in [2.24, 2.45) is 0 Å². The van der Waals surface area contributed by atoms with E-state index >= 15 is 0 Å². The Hall–Kier alpha value is -1.33. The Kier molecular flexibility index (Phi) is 3.33. The molecule has 19 heavy (non-hydrogen) atoms. The third-order valence-electron chi connectivity index (χ3n) is 3.05. The molecule has 98 valence electrons. The average molecular weight is 296 g/mol. The number of rotatable bonds is 2. The highest BCUT2D eigenvalue weighted by Gasteiger charge is 2.19. The number of nitrogens with zero attached hydrogens (tertiary/aromatic N) is 2. The fourth-order valence-electron chi connectivity index (χ4n) is 2.07. The van der Waals surface area contributed by atoms with Gasteiger partial charge in [-0.15, -0.1) is 0 Å². The molecule has 2 N–H and O–H groups in total. The zero-order valence-corrected chi connectivity index (χ0v) is 11.6. The van der Waals surface area contributed by atoms with E-state index in [1.807, 2.05) is 0 Å². The van der Waals surface area contributed by atoms with Gasteiger partial charge in [0.25, 0.3) is 0 Å². The van der Waals surface area contributed by atoms with Gasteiger partial charge in [-0.25, -0.2) is 14.4 Å². The molecule has 2 aromatic rings. The average Bonchev–Trinajstić information content (AvgIpc) is 2.83. The third-order valence-corrected chi connectivity index (χ3v) is 4.38. The van der Waals surface area contributed by atoms with Crippen molar-refractivity contribution in [1.29, 1.82) is 0 Å². The number of nitrogen functional groups attached to an aromatic ring is 1. The number of hydrogen-bond acceptors (Lipinski definition) is 4. The summed E-state index contributed by atoms with van der Waals surface area (Å²) in [6.45, 7) is 0. The van der Waals surface area contributed by atoms with E-state index in [2.05, 4.69) is 9.97 Å². The second-order valence-corrected chi connectivity index (χ2v) is 5.71. The smallest absolute Gasteiger partial charge is 0.135 e. The molecule has 1 aromatic heterocycles. The van der Waals surface area contributed by atoms with Gasteiger partial charge in [-0.3, -0.25) is 0 Å². The van der Waals surface area contributed by atoms with Crippen LogP contribution in [0.2, 0.25) is 5.02 Å². The molecule has 0 atom stereocenters. The van der Waals surface area contributed by atoms with E-state index < -0.39 is 0 Å². The topological polar surface area (TPSA) is 51.8 Å².